The molecule has 0 amide bonds. The highest BCUT2D eigenvalue weighted by Gasteiger charge is 2.57. The van der Waals surface area contributed by atoms with E-state index in [9.17, 15) is 9.90 Å². The molecule has 1 heterocycles. The highest BCUT2D eigenvalue weighted by atomic mass is 16.5. The van der Waals surface area contributed by atoms with Gasteiger partial charge in [-0.3, -0.25) is 4.79 Å². The van der Waals surface area contributed by atoms with Crippen molar-refractivity contribution in [3.05, 3.63) is 11.3 Å². The number of Topliss-reactive ketones (excluding diaryl/α,β-unsaturated/α-hetero) is 1. The summed E-state index contributed by atoms with van der Waals surface area (Å²) in [6, 6.07) is 0. The average Bonchev–Trinajstić information content (AvgIpc) is 2.85. The SMILES string of the molecule is C[C@]12CCC(=O)C(O)=C1CC[C@@H]1[C@H]2CC[C@]2(C)OCC[C@@H]12. The third-order valence-corrected chi connectivity index (χ3v) is 7.29. The molecule has 1 N–H and O–H groups in total. The van der Waals surface area contributed by atoms with Gasteiger partial charge in [0.05, 0.1) is 5.60 Å². The number of fused-ring (bicyclic) bond motifs is 5. The first-order valence-electron chi connectivity index (χ1n) is 8.55. The first-order chi connectivity index (χ1) is 9.96. The molecule has 0 unspecified atom stereocenters. The number of hydrogen-bond acceptors (Lipinski definition) is 3. The molecule has 3 fully saturated rings. The van der Waals surface area contributed by atoms with Gasteiger partial charge in [0.15, 0.2) is 11.5 Å². The molecule has 21 heavy (non-hydrogen) atoms. The third kappa shape index (κ3) is 1.73. The number of carbonyl (C=O) groups excluding carboxylic acids is 1. The molecule has 3 heteroatoms. The van der Waals surface area contributed by atoms with E-state index in [2.05, 4.69) is 13.8 Å². The van der Waals surface area contributed by atoms with Crippen LogP contribution in [0, 0.1) is 23.2 Å². The zero-order valence-corrected chi connectivity index (χ0v) is 13.2. The van der Waals surface area contributed by atoms with Crippen LogP contribution in [0.3, 0.4) is 0 Å². The van der Waals surface area contributed by atoms with Crippen LogP contribution in [0.1, 0.15) is 58.8 Å². The van der Waals surface area contributed by atoms with E-state index in [4.69, 9.17) is 4.74 Å². The number of aliphatic hydroxyl groups is 1. The van der Waals surface area contributed by atoms with E-state index in [0.717, 1.165) is 37.9 Å². The minimum atomic E-state index is -0.0363. The maximum absolute atomic E-state index is 11.9. The van der Waals surface area contributed by atoms with Gasteiger partial charge in [0.25, 0.3) is 0 Å². The smallest absolute Gasteiger partial charge is 0.197 e. The summed E-state index contributed by atoms with van der Waals surface area (Å²) in [6.07, 6.45) is 6.98. The molecule has 2 saturated carbocycles. The fraction of sp³-hybridized carbons (Fsp3) is 0.833. The maximum atomic E-state index is 11.9. The lowest BCUT2D eigenvalue weighted by Gasteiger charge is -2.56. The molecule has 0 aromatic rings. The highest BCUT2D eigenvalue weighted by Crippen LogP contribution is 2.62. The minimum Gasteiger partial charge on any atom is -0.504 e. The summed E-state index contributed by atoms with van der Waals surface area (Å²) < 4.78 is 6.08. The van der Waals surface area contributed by atoms with Crippen LogP contribution >= 0.6 is 0 Å². The lowest BCUT2D eigenvalue weighted by atomic mass is 9.49. The van der Waals surface area contributed by atoms with Gasteiger partial charge in [0, 0.05) is 13.0 Å². The zero-order chi connectivity index (χ0) is 14.8. The molecule has 0 aromatic carbocycles. The maximum Gasteiger partial charge on any atom is 0.197 e. The van der Waals surface area contributed by atoms with Crippen molar-refractivity contribution in [1.29, 1.82) is 0 Å². The number of carbonyl (C=O) groups is 1. The van der Waals surface area contributed by atoms with Crippen LogP contribution in [0.4, 0.5) is 0 Å². The van der Waals surface area contributed by atoms with Crippen molar-refractivity contribution < 1.29 is 14.6 Å². The number of hydrogen-bond donors (Lipinski definition) is 1. The van der Waals surface area contributed by atoms with Crippen LogP contribution in [-0.4, -0.2) is 23.1 Å². The third-order valence-electron chi connectivity index (χ3n) is 7.29. The van der Waals surface area contributed by atoms with E-state index < -0.39 is 0 Å². The second-order valence-corrected chi connectivity index (χ2v) is 8.07. The molecule has 0 aromatic heterocycles. The lowest BCUT2D eigenvalue weighted by Crippen LogP contribution is -2.52. The average molecular weight is 290 g/mol. The van der Waals surface area contributed by atoms with Crippen LogP contribution in [0.2, 0.25) is 0 Å². The fourth-order valence-corrected chi connectivity index (χ4v) is 6.09. The number of rotatable bonds is 0. The Bertz CT molecular complexity index is 523. The molecule has 5 atom stereocenters. The lowest BCUT2D eigenvalue weighted by molar-refractivity contribution is -0.123. The topological polar surface area (TPSA) is 46.5 Å². The molecule has 116 valence electrons. The van der Waals surface area contributed by atoms with E-state index in [0.29, 0.717) is 24.2 Å². The Kier molecular flexibility index (Phi) is 2.86. The highest BCUT2D eigenvalue weighted by molar-refractivity contribution is 5.95. The van der Waals surface area contributed by atoms with Gasteiger partial charge < -0.3 is 9.84 Å². The van der Waals surface area contributed by atoms with Crippen LogP contribution < -0.4 is 0 Å². The van der Waals surface area contributed by atoms with Crippen molar-refractivity contribution in [2.24, 2.45) is 23.2 Å². The van der Waals surface area contributed by atoms with E-state index >= 15 is 0 Å². The quantitative estimate of drug-likeness (QED) is 0.738. The standard InChI is InChI=1S/C18H26O3/c1-17-8-6-15(19)16(20)14(17)4-3-11-12(17)5-9-18(2)13(11)7-10-21-18/h11-13,20H,3-10H2,1-2H3/t11-,12-,13+,17-,18+/m1/s1. The first kappa shape index (κ1) is 13.8. The summed E-state index contributed by atoms with van der Waals surface area (Å²) in [6.45, 7) is 5.52. The predicted octanol–water partition coefficient (Wildman–Crippen LogP) is 3.78. The molecule has 4 rings (SSSR count). The van der Waals surface area contributed by atoms with Gasteiger partial charge in [0.1, 0.15) is 0 Å². The molecule has 3 aliphatic carbocycles. The summed E-state index contributed by atoms with van der Waals surface area (Å²) in [5.41, 5.74) is 1.21. The molecule has 0 radical (unpaired) electrons. The van der Waals surface area contributed by atoms with Gasteiger partial charge in [-0.1, -0.05) is 6.92 Å². The normalized spacial score (nSPS) is 49.6. The van der Waals surface area contributed by atoms with Crippen LogP contribution in [-0.2, 0) is 9.53 Å². The van der Waals surface area contributed by atoms with Crippen molar-refractivity contribution in [1.82, 2.24) is 0 Å². The molecule has 3 nitrogen and oxygen atoms in total. The molecule has 0 bridgehead atoms. The van der Waals surface area contributed by atoms with E-state index in [1.807, 2.05) is 0 Å². The van der Waals surface area contributed by atoms with Crippen molar-refractivity contribution in [2.45, 2.75) is 64.4 Å². The Labute approximate surface area is 126 Å². The van der Waals surface area contributed by atoms with Gasteiger partial charge in [-0.25, -0.2) is 0 Å². The molecule has 1 aliphatic heterocycles. The van der Waals surface area contributed by atoms with Gasteiger partial charge >= 0.3 is 0 Å². The minimum absolute atomic E-state index is 0.0363. The van der Waals surface area contributed by atoms with Crippen LogP contribution in [0.15, 0.2) is 11.3 Å². The molecule has 0 spiro atoms. The molecular formula is C18H26O3. The summed E-state index contributed by atoms with van der Waals surface area (Å²) in [5.74, 6) is 2.08. The zero-order valence-electron chi connectivity index (χ0n) is 13.2. The summed E-state index contributed by atoms with van der Waals surface area (Å²) in [4.78, 5) is 11.9. The summed E-state index contributed by atoms with van der Waals surface area (Å²) in [5, 5.41) is 10.3. The Hall–Kier alpha value is -0.830. The second-order valence-electron chi connectivity index (χ2n) is 8.07. The summed E-state index contributed by atoms with van der Waals surface area (Å²) >= 11 is 0. The Morgan fingerprint density at radius 3 is 2.71 bits per heavy atom. The Morgan fingerprint density at radius 1 is 1.10 bits per heavy atom. The van der Waals surface area contributed by atoms with Crippen molar-refractivity contribution in [2.75, 3.05) is 6.61 Å². The van der Waals surface area contributed by atoms with Crippen molar-refractivity contribution in [3.63, 3.8) is 0 Å². The van der Waals surface area contributed by atoms with E-state index in [1.165, 1.54) is 12.8 Å². The molecule has 4 aliphatic rings. The van der Waals surface area contributed by atoms with Gasteiger partial charge in [-0.15, -0.1) is 0 Å². The number of ether oxygens (including phenoxy) is 1. The second kappa shape index (κ2) is 4.34. The fourth-order valence-electron chi connectivity index (χ4n) is 6.09. The van der Waals surface area contributed by atoms with Crippen molar-refractivity contribution >= 4 is 5.78 Å². The number of ketones is 1. The van der Waals surface area contributed by atoms with Gasteiger partial charge in [-0.2, -0.15) is 0 Å². The monoisotopic (exact) mass is 290 g/mol. The van der Waals surface area contributed by atoms with Crippen LogP contribution in [0.5, 0.6) is 0 Å². The summed E-state index contributed by atoms with van der Waals surface area (Å²) in [7, 11) is 0. The molecular weight excluding hydrogens is 264 g/mol. The Morgan fingerprint density at radius 2 is 1.90 bits per heavy atom. The first-order valence-corrected chi connectivity index (χ1v) is 8.55. The van der Waals surface area contributed by atoms with E-state index in [1.54, 1.807) is 0 Å². The number of aliphatic hydroxyl groups excluding tert-OH is 1. The van der Waals surface area contributed by atoms with Gasteiger partial charge in [0.2, 0.25) is 0 Å². The van der Waals surface area contributed by atoms with Gasteiger partial charge in [-0.05, 0) is 74.2 Å². The number of allylic oxidation sites excluding steroid dienone is 2. The molecule has 1 saturated heterocycles. The van der Waals surface area contributed by atoms with Crippen LogP contribution in [0.25, 0.3) is 0 Å². The van der Waals surface area contributed by atoms with E-state index in [-0.39, 0.29) is 22.6 Å². The Balaban J connectivity index is 1.72. The van der Waals surface area contributed by atoms with Crippen molar-refractivity contribution in [3.8, 4) is 0 Å². The predicted molar refractivity (Wildman–Crippen MR) is 79.9 cm³/mol. The largest absolute Gasteiger partial charge is 0.504 e.